The number of hydrogen-bond donors (Lipinski definition) is 0. The maximum absolute atomic E-state index is 3.88. The Labute approximate surface area is 104 Å². The summed E-state index contributed by atoms with van der Waals surface area (Å²) in [6, 6.07) is 0. The Hall–Kier alpha value is 0. The van der Waals surface area contributed by atoms with Crippen molar-refractivity contribution in [1.29, 1.82) is 0 Å². The molecule has 0 atom stereocenters. The van der Waals surface area contributed by atoms with E-state index in [1.165, 1.54) is 64.2 Å². The minimum Gasteiger partial charge on any atom is -0.0625 e. The van der Waals surface area contributed by atoms with Crippen molar-refractivity contribution in [2.24, 2.45) is 5.92 Å². The first-order valence-electron chi connectivity index (χ1n) is 7.39. The van der Waals surface area contributed by atoms with E-state index in [4.69, 9.17) is 0 Å². The number of rotatable bonds is 12. The SMILES string of the molecule is [CH2]CCCCCCC(C)CCCCCC[CH2]. The highest BCUT2D eigenvalue weighted by atomic mass is 14.1. The molecular weight excluding hydrogens is 192 g/mol. The fraction of sp³-hybridized carbons (Fsp3) is 0.875. The third-order valence-corrected chi connectivity index (χ3v) is 3.39. The van der Waals surface area contributed by atoms with Crippen LogP contribution in [0.4, 0.5) is 0 Å². The maximum Gasteiger partial charge on any atom is -0.0443 e. The Morgan fingerprint density at radius 2 is 1.00 bits per heavy atom. The topological polar surface area (TPSA) is 0 Å². The van der Waals surface area contributed by atoms with E-state index in [0.717, 1.165) is 18.8 Å². The van der Waals surface area contributed by atoms with Gasteiger partial charge in [-0.3, -0.25) is 0 Å². The minimum absolute atomic E-state index is 0.944. The van der Waals surface area contributed by atoms with Crippen LogP contribution in [0.3, 0.4) is 0 Å². The van der Waals surface area contributed by atoms with Gasteiger partial charge in [0.1, 0.15) is 0 Å². The van der Waals surface area contributed by atoms with E-state index >= 15 is 0 Å². The molecule has 0 aliphatic rings. The van der Waals surface area contributed by atoms with Crippen LogP contribution in [0.25, 0.3) is 0 Å². The summed E-state index contributed by atoms with van der Waals surface area (Å²) in [6.45, 7) is 10.2. The van der Waals surface area contributed by atoms with Crippen molar-refractivity contribution in [3.05, 3.63) is 13.8 Å². The molecule has 0 aromatic carbocycles. The van der Waals surface area contributed by atoms with Crippen LogP contribution in [0.5, 0.6) is 0 Å². The molecule has 0 spiro atoms. The van der Waals surface area contributed by atoms with Gasteiger partial charge >= 0.3 is 0 Å². The lowest BCUT2D eigenvalue weighted by Crippen LogP contribution is -1.95. The highest BCUT2D eigenvalue weighted by Crippen LogP contribution is 2.17. The molecular formula is C16H32. The Balaban J connectivity index is 3.09. The first-order chi connectivity index (χ1) is 7.81. The highest BCUT2D eigenvalue weighted by Gasteiger charge is 2.01. The van der Waals surface area contributed by atoms with Gasteiger partial charge in [0.05, 0.1) is 0 Å². The second-order valence-electron chi connectivity index (χ2n) is 5.22. The molecule has 96 valence electrons. The fourth-order valence-electron chi connectivity index (χ4n) is 2.19. The fourth-order valence-corrected chi connectivity index (χ4v) is 2.19. The number of unbranched alkanes of at least 4 members (excludes halogenated alkanes) is 8. The van der Waals surface area contributed by atoms with E-state index < -0.39 is 0 Å². The van der Waals surface area contributed by atoms with E-state index in [0.29, 0.717) is 0 Å². The standard InChI is InChI=1S/C16H32/c1-4-6-8-10-12-14-16(3)15-13-11-9-7-5-2/h16H,1-2,4-15H2,3H3. The molecule has 0 nitrogen and oxygen atoms in total. The Morgan fingerprint density at radius 3 is 1.38 bits per heavy atom. The lowest BCUT2D eigenvalue weighted by Gasteiger charge is -2.10. The lowest BCUT2D eigenvalue weighted by atomic mass is 9.96. The van der Waals surface area contributed by atoms with Crippen LogP contribution < -0.4 is 0 Å². The van der Waals surface area contributed by atoms with Gasteiger partial charge in [0.2, 0.25) is 0 Å². The molecule has 0 heterocycles. The first kappa shape index (κ1) is 16.0. The van der Waals surface area contributed by atoms with Crippen LogP contribution in [-0.2, 0) is 0 Å². The van der Waals surface area contributed by atoms with Crippen LogP contribution in [0.15, 0.2) is 0 Å². The van der Waals surface area contributed by atoms with Gasteiger partial charge in [0, 0.05) is 0 Å². The highest BCUT2D eigenvalue weighted by molar-refractivity contribution is 4.56. The average molecular weight is 224 g/mol. The minimum atomic E-state index is 0.944. The average Bonchev–Trinajstić information content (AvgIpc) is 2.28. The van der Waals surface area contributed by atoms with Crippen molar-refractivity contribution in [3.63, 3.8) is 0 Å². The summed E-state index contributed by atoms with van der Waals surface area (Å²) in [5.41, 5.74) is 0. The summed E-state index contributed by atoms with van der Waals surface area (Å²) >= 11 is 0. The third-order valence-electron chi connectivity index (χ3n) is 3.39. The van der Waals surface area contributed by atoms with Crippen molar-refractivity contribution < 1.29 is 0 Å². The van der Waals surface area contributed by atoms with Crippen LogP contribution in [0, 0.1) is 19.8 Å². The van der Waals surface area contributed by atoms with Gasteiger partial charge in [0.15, 0.2) is 0 Å². The van der Waals surface area contributed by atoms with Gasteiger partial charge in [-0.25, -0.2) is 0 Å². The normalized spacial score (nSPS) is 11.2. The second kappa shape index (κ2) is 13.1. The largest absolute Gasteiger partial charge is 0.0625 e. The number of hydrogen-bond acceptors (Lipinski definition) is 0. The van der Waals surface area contributed by atoms with E-state index in [1.807, 2.05) is 0 Å². The Kier molecular flexibility index (Phi) is 13.1. The summed E-state index contributed by atoms with van der Waals surface area (Å²) in [4.78, 5) is 0. The van der Waals surface area contributed by atoms with Crippen LogP contribution in [0.1, 0.15) is 84.0 Å². The molecule has 0 aliphatic heterocycles. The van der Waals surface area contributed by atoms with Crippen molar-refractivity contribution in [3.8, 4) is 0 Å². The summed E-state index contributed by atoms with van der Waals surface area (Å²) in [7, 11) is 0. The van der Waals surface area contributed by atoms with E-state index in [-0.39, 0.29) is 0 Å². The molecule has 0 unspecified atom stereocenters. The van der Waals surface area contributed by atoms with Crippen molar-refractivity contribution in [1.82, 2.24) is 0 Å². The summed E-state index contributed by atoms with van der Waals surface area (Å²) in [6.07, 6.45) is 16.2. The molecule has 0 rings (SSSR count). The van der Waals surface area contributed by atoms with Gasteiger partial charge in [-0.15, -0.1) is 0 Å². The molecule has 2 radical (unpaired) electrons. The molecule has 0 saturated heterocycles. The van der Waals surface area contributed by atoms with E-state index in [1.54, 1.807) is 0 Å². The monoisotopic (exact) mass is 224 g/mol. The molecule has 0 amide bonds. The van der Waals surface area contributed by atoms with Crippen LogP contribution >= 0.6 is 0 Å². The predicted molar refractivity (Wildman–Crippen MR) is 75.3 cm³/mol. The summed E-state index contributed by atoms with van der Waals surface area (Å²) < 4.78 is 0. The zero-order valence-corrected chi connectivity index (χ0v) is 11.5. The van der Waals surface area contributed by atoms with Gasteiger partial charge in [0.25, 0.3) is 0 Å². The molecule has 0 aromatic heterocycles. The van der Waals surface area contributed by atoms with Gasteiger partial charge in [-0.1, -0.05) is 97.8 Å². The summed E-state index contributed by atoms with van der Waals surface area (Å²) in [5, 5.41) is 0. The van der Waals surface area contributed by atoms with Gasteiger partial charge in [-0.05, 0) is 5.92 Å². The Morgan fingerprint density at radius 1 is 0.625 bits per heavy atom. The quantitative estimate of drug-likeness (QED) is 0.358. The first-order valence-corrected chi connectivity index (χ1v) is 7.39. The Bertz CT molecular complexity index is 103. The third kappa shape index (κ3) is 12.1. The van der Waals surface area contributed by atoms with E-state index in [2.05, 4.69) is 20.8 Å². The molecule has 0 heteroatoms. The molecule has 16 heavy (non-hydrogen) atoms. The smallest absolute Gasteiger partial charge is 0.0443 e. The van der Waals surface area contributed by atoms with Crippen molar-refractivity contribution in [2.75, 3.05) is 0 Å². The van der Waals surface area contributed by atoms with Crippen LogP contribution in [-0.4, -0.2) is 0 Å². The molecule has 0 bridgehead atoms. The van der Waals surface area contributed by atoms with E-state index in [9.17, 15) is 0 Å². The molecule has 0 aromatic rings. The predicted octanol–water partition coefficient (Wildman–Crippen LogP) is 5.97. The molecule has 0 fully saturated rings. The van der Waals surface area contributed by atoms with Crippen molar-refractivity contribution in [2.45, 2.75) is 84.0 Å². The zero-order valence-electron chi connectivity index (χ0n) is 11.5. The molecule has 0 N–H and O–H groups in total. The second-order valence-corrected chi connectivity index (χ2v) is 5.22. The van der Waals surface area contributed by atoms with Crippen molar-refractivity contribution >= 4 is 0 Å². The maximum atomic E-state index is 3.88. The molecule has 0 saturated carbocycles. The van der Waals surface area contributed by atoms with Gasteiger partial charge < -0.3 is 0 Å². The summed E-state index contributed by atoms with van der Waals surface area (Å²) in [5.74, 6) is 0.944. The molecule has 0 aliphatic carbocycles. The van der Waals surface area contributed by atoms with Gasteiger partial charge in [-0.2, -0.15) is 0 Å². The van der Waals surface area contributed by atoms with Crippen LogP contribution in [0.2, 0.25) is 0 Å². The zero-order chi connectivity index (χ0) is 12.1. The lowest BCUT2D eigenvalue weighted by molar-refractivity contribution is 0.434.